The molecule has 0 unspecified atom stereocenters. The van der Waals surface area contributed by atoms with E-state index in [1.807, 2.05) is 10.6 Å². The van der Waals surface area contributed by atoms with Gasteiger partial charge in [-0.05, 0) is 6.07 Å². The summed E-state index contributed by atoms with van der Waals surface area (Å²) in [5.74, 6) is 0.944. The number of rotatable bonds is 2. The van der Waals surface area contributed by atoms with Gasteiger partial charge in [0.1, 0.15) is 11.3 Å². The predicted molar refractivity (Wildman–Crippen MR) is 71.2 cm³/mol. The molecule has 7 heteroatoms. The average Bonchev–Trinajstić information content (AvgIpc) is 2.85. The van der Waals surface area contributed by atoms with Crippen molar-refractivity contribution >= 4 is 22.9 Å². The normalized spacial score (nSPS) is 14.3. The number of fused-ring (bicyclic) bond motifs is 1. The lowest BCUT2D eigenvalue weighted by atomic mass is 10.2. The van der Waals surface area contributed by atoms with E-state index in [4.69, 9.17) is 18.0 Å². The van der Waals surface area contributed by atoms with Gasteiger partial charge in [-0.15, -0.1) is 10.2 Å². The third kappa shape index (κ3) is 1.82. The standard InChI is InChI=1S/C11H12N6S/c12-11(18)8-1-2-13-5-9(8)16-3-4-17-7-14-15-10(17)6-16/h1-2,5,7H,3-4,6H2,(H2,12,18). The molecule has 18 heavy (non-hydrogen) atoms. The summed E-state index contributed by atoms with van der Waals surface area (Å²) >= 11 is 5.07. The van der Waals surface area contributed by atoms with Gasteiger partial charge >= 0.3 is 0 Å². The minimum atomic E-state index is 0.388. The first-order valence-electron chi connectivity index (χ1n) is 5.61. The van der Waals surface area contributed by atoms with Crippen molar-refractivity contribution in [2.24, 2.45) is 5.73 Å². The molecule has 0 saturated carbocycles. The summed E-state index contributed by atoms with van der Waals surface area (Å²) in [5.41, 5.74) is 7.55. The molecule has 3 rings (SSSR count). The molecule has 0 aliphatic carbocycles. The fourth-order valence-electron chi connectivity index (χ4n) is 2.12. The van der Waals surface area contributed by atoms with Crippen LogP contribution in [0.4, 0.5) is 5.69 Å². The molecule has 0 radical (unpaired) electrons. The number of hydrogen-bond acceptors (Lipinski definition) is 5. The molecule has 0 spiro atoms. The molecule has 0 aromatic carbocycles. The van der Waals surface area contributed by atoms with Crippen molar-refractivity contribution in [3.8, 4) is 0 Å². The number of aromatic nitrogens is 4. The van der Waals surface area contributed by atoms with Gasteiger partial charge in [-0.25, -0.2) is 0 Å². The van der Waals surface area contributed by atoms with Crippen molar-refractivity contribution in [3.05, 3.63) is 36.2 Å². The van der Waals surface area contributed by atoms with E-state index in [0.29, 0.717) is 11.5 Å². The molecule has 92 valence electrons. The van der Waals surface area contributed by atoms with Crippen molar-refractivity contribution < 1.29 is 0 Å². The van der Waals surface area contributed by atoms with Crippen LogP contribution in [0.1, 0.15) is 11.4 Å². The maximum absolute atomic E-state index is 5.74. The highest BCUT2D eigenvalue weighted by atomic mass is 32.1. The Morgan fingerprint density at radius 2 is 2.28 bits per heavy atom. The summed E-state index contributed by atoms with van der Waals surface area (Å²) in [6, 6.07) is 1.84. The monoisotopic (exact) mass is 260 g/mol. The molecule has 0 atom stereocenters. The summed E-state index contributed by atoms with van der Waals surface area (Å²) in [6.45, 7) is 2.42. The minimum Gasteiger partial charge on any atom is -0.389 e. The predicted octanol–water partition coefficient (Wildman–Crippen LogP) is 0.327. The summed E-state index contributed by atoms with van der Waals surface area (Å²) in [4.78, 5) is 6.71. The fraction of sp³-hybridized carbons (Fsp3) is 0.273. The summed E-state index contributed by atoms with van der Waals surface area (Å²) in [7, 11) is 0. The molecule has 2 aromatic heterocycles. The van der Waals surface area contributed by atoms with Crippen LogP contribution >= 0.6 is 12.2 Å². The van der Waals surface area contributed by atoms with Crippen LogP contribution in [0, 0.1) is 0 Å². The van der Waals surface area contributed by atoms with Crippen LogP contribution in [0.15, 0.2) is 24.8 Å². The molecule has 0 saturated heterocycles. The van der Waals surface area contributed by atoms with Gasteiger partial charge in [0, 0.05) is 24.8 Å². The second-order valence-corrected chi connectivity index (χ2v) is 4.56. The minimum absolute atomic E-state index is 0.388. The quantitative estimate of drug-likeness (QED) is 0.784. The van der Waals surface area contributed by atoms with E-state index >= 15 is 0 Å². The third-order valence-corrected chi connectivity index (χ3v) is 3.26. The largest absolute Gasteiger partial charge is 0.389 e. The van der Waals surface area contributed by atoms with Gasteiger partial charge in [0.05, 0.1) is 18.4 Å². The van der Waals surface area contributed by atoms with Gasteiger partial charge < -0.3 is 15.2 Å². The van der Waals surface area contributed by atoms with E-state index in [9.17, 15) is 0 Å². The van der Waals surface area contributed by atoms with Crippen LogP contribution in [0.3, 0.4) is 0 Å². The average molecular weight is 260 g/mol. The van der Waals surface area contributed by atoms with Crippen molar-refractivity contribution in [1.29, 1.82) is 0 Å². The van der Waals surface area contributed by atoms with Crippen molar-refractivity contribution in [2.75, 3.05) is 11.4 Å². The van der Waals surface area contributed by atoms with Crippen LogP contribution in [0.2, 0.25) is 0 Å². The molecular formula is C11H12N6S. The molecule has 6 nitrogen and oxygen atoms in total. The lowest BCUT2D eigenvalue weighted by Crippen LogP contribution is -2.35. The zero-order valence-electron chi connectivity index (χ0n) is 9.65. The van der Waals surface area contributed by atoms with Gasteiger partial charge in [0.15, 0.2) is 5.82 Å². The van der Waals surface area contributed by atoms with Crippen molar-refractivity contribution in [2.45, 2.75) is 13.1 Å². The molecular weight excluding hydrogens is 248 g/mol. The van der Waals surface area contributed by atoms with E-state index in [0.717, 1.165) is 30.2 Å². The second kappa shape index (κ2) is 4.34. The van der Waals surface area contributed by atoms with Crippen LogP contribution in [0.5, 0.6) is 0 Å². The Hall–Kier alpha value is -2.02. The lowest BCUT2D eigenvalue weighted by molar-refractivity contribution is 0.559. The number of hydrogen-bond donors (Lipinski definition) is 1. The lowest BCUT2D eigenvalue weighted by Gasteiger charge is -2.30. The molecule has 0 bridgehead atoms. The Labute approximate surface area is 109 Å². The Morgan fingerprint density at radius 3 is 3.11 bits per heavy atom. The molecule has 1 aliphatic rings. The molecule has 1 aliphatic heterocycles. The summed E-state index contributed by atoms with van der Waals surface area (Å²) in [5, 5.41) is 8.00. The van der Waals surface area contributed by atoms with Gasteiger partial charge in [-0.1, -0.05) is 12.2 Å². The van der Waals surface area contributed by atoms with E-state index < -0.39 is 0 Å². The van der Waals surface area contributed by atoms with E-state index in [-0.39, 0.29) is 0 Å². The highest BCUT2D eigenvalue weighted by Crippen LogP contribution is 2.23. The number of anilines is 1. The van der Waals surface area contributed by atoms with Crippen molar-refractivity contribution in [3.63, 3.8) is 0 Å². The first-order chi connectivity index (χ1) is 8.75. The maximum atomic E-state index is 5.74. The highest BCUT2D eigenvalue weighted by molar-refractivity contribution is 7.80. The molecule has 2 N–H and O–H groups in total. The molecule has 0 fully saturated rings. The van der Waals surface area contributed by atoms with E-state index in [2.05, 4.69) is 20.1 Å². The number of thiocarbonyl (C=S) groups is 1. The van der Waals surface area contributed by atoms with E-state index in [1.165, 1.54) is 0 Å². The van der Waals surface area contributed by atoms with Gasteiger partial charge in [0.2, 0.25) is 0 Å². The first kappa shape index (κ1) is 11.1. The Kier molecular flexibility index (Phi) is 2.67. The summed E-state index contributed by atoms with van der Waals surface area (Å²) < 4.78 is 2.05. The van der Waals surface area contributed by atoms with Crippen LogP contribution in [0.25, 0.3) is 0 Å². The SMILES string of the molecule is NC(=S)c1ccncc1N1CCn2cnnc2C1. The number of nitrogens with zero attached hydrogens (tertiary/aromatic N) is 5. The van der Waals surface area contributed by atoms with Gasteiger partial charge in [-0.3, -0.25) is 4.98 Å². The molecule has 3 heterocycles. The zero-order valence-corrected chi connectivity index (χ0v) is 10.5. The third-order valence-electron chi connectivity index (χ3n) is 3.05. The van der Waals surface area contributed by atoms with E-state index in [1.54, 1.807) is 18.7 Å². The smallest absolute Gasteiger partial charge is 0.152 e. The summed E-state index contributed by atoms with van der Waals surface area (Å²) in [6.07, 6.45) is 5.25. The van der Waals surface area contributed by atoms with Crippen LogP contribution in [-0.2, 0) is 13.1 Å². The number of nitrogens with two attached hydrogens (primary N) is 1. The first-order valence-corrected chi connectivity index (χ1v) is 6.02. The number of pyridine rings is 1. The fourth-order valence-corrected chi connectivity index (χ4v) is 2.29. The Bertz CT molecular complexity index is 593. The Balaban J connectivity index is 1.95. The van der Waals surface area contributed by atoms with Gasteiger partial charge in [-0.2, -0.15) is 0 Å². The highest BCUT2D eigenvalue weighted by Gasteiger charge is 2.20. The van der Waals surface area contributed by atoms with Crippen molar-refractivity contribution in [1.82, 2.24) is 19.7 Å². The van der Waals surface area contributed by atoms with Crippen LogP contribution in [-0.4, -0.2) is 31.3 Å². The topological polar surface area (TPSA) is 72.9 Å². The second-order valence-electron chi connectivity index (χ2n) is 4.12. The molecule has 0 amide bonds. The van der Waals surface area contributed by atoms with Gasteiger partial charge in [0.25, 0.3) is 0 Å². The maximum Gasteiger partial charge on any atom is 0.152 e. The Morgan fingerprint density at radius 1 is 1.39 bits per heavy atom. The van der Waals surface area contributed by atoms with Crippen LogP contribution < -0.4 is 10.6 Å². The zero-order chi connectivity index (χ0) is 12.5. The molecule has 2 aromatic rings.